The number of aryl methyl sites for hydroxylation is 2. The molecule has 0 unspecified atom stereocenters. The lowest BCUT2D eigenvalue weighted by Crippen LogP contribution is -2.28. The molecule has 5 nitrogen and oxygen atoms in total. The normalized spacial score (nSPS) is 10.4. The van der Waals surface area contributed by atoms with Crippen molar-refractivity contribution in [3.8, 4) is 0 Å². The number of benzene rings is 2. The number of nitro benzene ring substituents is 1. The fourth-order valence-corrected chi connectivity index (χ4v) is 2.41. The summed E-state index contributed by atoms with van der Waals surface area (Å²) >= 11 is 0. The van der Waals surface area contributed by atoms with Crippen molar-refractivity contribution in [1.82, 2.24) is 0 Å². The first-order chi connectivity index (χ1) is 10.8. The summed E-state index contributed by atoms with van der Waals surface area (Å²) in [5.74, 6) is -0.100. The highest BCUT2D eigenvalue weighted by Crippen LogP contribution is 2.28. The van der Waals surface area contributed by atoms with Crippen molar-refractivity contribution in [2.75, 3.05) is 11.9 Å². The Hall–Kier alpha value is -2.69. The van der Waals surface area contributed by atoms with Crippen LogP contribution in [0.15, 0.2) is 36.4 Å². The summed E-state index contributed by atoms with van der Waals surface area (Å²) in [6, 6.07) is 10.8. The highest BCUT2D eigenvalue weighted by Gasteiger charge is 2.19. The summed E-state index contributed by atoms with van der Waals surface area (Å²) in [5, 5.41) is 11.0. The number of likely N-dealkylation sites (N-methyl/N-ethyl adjacent to an activating group) is 1. The van der Waals surface area contributed by atoms with Gasteiger partial charge in [-0.1, -0.05) is 29.8 Å². The Morgan fingerprint density at radius 2 is 1.74 bits per heavy atom. The van der Waals surface area contributed by atoms with E-state index in [2.05, 4.69) is 0 Å². The van der Waals surface area contributed by atoms with Crippen LogP contribution in [0.1, 0.15) is 22.3 Å². The number of carbonyl (C=O) groups is 1. The zero-order valence-electron chi connectivity index (χ0n) is 13.8. The third kappa shape index (κ3) is 3.74. The molecule has 0 fully saturated rings. The lowest BCUT2D eigenvalue weighted by Gasteiger charge is -2.20. The number of carbonyl (C=O) groups excluding carboxylic acids is 1. The smallest absolute Gasteiger partial charge is 0.271 e. The minimum Gasteiger partial charge on any atom is -0.315 e. The number of nitro groups is 1. The van der Waals surface area contributed by atoms with Crippen LogP contribution in [0.4, 0.5) is 11.4 Å². The average Bonchev–Trinajstić information content (AvgIpc) is 2.51. The van der Waals surface area contributed by atoms with E-state index in [0.29, 0.717) is 5.69 Å². The minimum atomic E-state index is -0.436. The van der Waals surface area contributed by atoms with E-state index in [9.17, 15) is 14.9 Å². The predicted octanol–water partition coefficient (Wildman–Crippen LogP) is 3.73. The van der Waals surface area contributed by atoms with Crippen LogP contribution >= 0.6 is 0 Å². The van der Waals surface area contributed by atoms with Crippen LogP contribution in [0.25, 0.3) is 0 Å². The van der Waals surface area contributed by atoms with Crippen LogP contribution in [-0.2, 0) is 11.2 Å². The molecule has 2 aromatic carbocycles. The molecule has 0 aliphatic rings. The Morgan fingerprint density at radius 1 is 1.13 bits per heavy atom. The van der Waals surface area contributed by atoms with Gasteiger partial charge in [0.15, 0.2) is 0 Å². The van der Waals surface area contributed by atoms with E-state index in [-0.39, 0.29) is 18.0 Å². The van der Waals surface area contributed by atoms with Crippen LogP contribution in [-0.4, -0.2) is 17.9 Å². The van der Waals surface area contributed by atoms with Crippen molar-refractivity contribution >= 4 is 17.3 Å². The Labute approximate surface area is 135 Å². The zero-order chi connectivity index (χ0) is 17.1. The first-order valence-corrected chi connectivity index (χ1v) is 7.37. The number of rotatable bonds is 4. The van der Waals surface area contributed by atoms with E-state index in [1.807, 2.05) is 45.0 Å². The van der Waals surface area contributed by atoms with Crippen molar-refractivity contribution in [3.63, 3.8) is 0 Å². The molecular weight excluding hydrogens is 292 g/mol. The average molecular weight is 312 g/mol. The molecular formula is C18H20N2O3. The van der Waals surface area contributed by atoms with Crippen molar-refractivity contribution in [2.24, 2.45) is 0 Å². The van der Waals surface area contributed by atoms with Gasteiger partial charge < -0.3 is 4.90 Å². The first-order valence-electron chi connectivity index (χ1n) is 7.37. The van der Waals surface area contributed by atoms with Gasteiger partial charge in [0.25, 0.3) is 5.69 Å². The SMILES string of the molecule is Cc1ccc(CC(=O)N(C)c2cc([N+](=O)[O-])cc(C)c2C)cc1. The van der Waals surface area contributed by atoms with E-state index < -0.39 is 4.92 Å². The van der Waals surface area contributed by atoms with Gasteiger partial charge in [-0.05, 0) is 37.5 Å². The van der Waals surface area contributed by atoms with E-state index in [4.69, 9.17) is 0 Å². The predicted molar refractivity (Wildman–Crippen MR) is 90.9 cm³/mol. The molecule has 0 radical (unpaired) electrons. The van der Waals surface area contributed by atoms with Gasteiger partial charge in [-0.25, -0.2) is 0 Å². The van der Waals surface area contributed by atoms with Gasteiger partial charge in [-0.3, -0.25) is 14.9 Å². The van der Waals surface area contributed by atoms with Crippen molar-refractivity contribution in [1.29, 1.82) is 0 Å². The third-order valence-electron chi connectivity index (χ3n) is 4.05. The lowest BCUT2D eigenvalue weighted by atomic mass is 10.0. The molecule has 0 heterocycles. The van der Waals surface area contributed by atoms with Gasteiger partial charge in [0.05, 0.1) is 17.0 Å². The molecule has 1 amide bonds. The Bertz CT molecular complexity index is 752. The van der Waals surface area contributed by atoms with Crippen LogP contribution in [0.3, 0.4) is 0 Å². The molecule has 0 aliphatic heterocycles. The highest BCUT2D eigenvalue weighted by molar-refractivity contribution is 5.95. The molecule has 0 spiro atoms. The Morgan fingerprint density at radius 3 is 2.30 bits per heavy atom. The molecule has 120 valence electrons. The summed E-state index contributed by atoms with van der Waals surface area (Å²) in [6.07, 6.45) is 0.262. The van der Waals surface area contributed by atoms with Crippen LogP contribution < -0.4 is 4.90 Å². The molecule has 2 aromatic rings. The molecule has 23 heavy (non-hydrogen) atoms. The van der Waals surface area contributed by atoms with Crippen LogP contribution in [0, 0.1) is 30.9 Å². The van der Waals surface area contributed by atoms with Crippen molar-refractivity contribution in [3.05, 3.63) is 68.8 Å². The second kappa shape index (κ2) is 6.60. The lowest BCUT2D eigenvalue weighted by molar-refractivity contribution is -0.384. The fraction of sp³-hybridized carbons (Fsp3) is 0.278. The van der Waals surface area contributed by atoms with E-state index in [1.165, 1.54) is 17.0 Å². The standard InChI is InChI=1S/C18H20N2O3/c1-12-5-7-15(8-6-12)10-18(21)19(4)17-11-16(20(22)23)9-13(2)14(17)3/h5-9,11H,10H2,1-4H3. The number of nitrogens with zero attached hydrogens (tertiary/aromatic N) is 2. The summed E-state index contributed by atoms with van der Waals surface area (Å²) < 4.78 is 0. The highest BCUT2D eigenvalue weighted by atomic mass is 16.6. The van der Waals surface area contributed by atoms with Gasteiger partial charge in [0.1, 0.15) is 0 Å². The Balaban J connectivity index is 2.28. The van der Waals surface area contributed by atoms with Crippen molar-refractivity contribution < 1.29 is 9.72 Å². The van der Waals surface area contributed by atoms with Gasteiger partial charge in [0, 0.05) is 19.2 Å². The van der Waals surface area contributed by atoms with Gasteiger partial charge in [-0.15, -0.1) is 0 Å². The van der Waals surface area contributed by atoms with E-state index in [1.54, 1.807) is 7.05 Å². The van der Waals surface area contributed by atoms with Gasteiger partial charge in [0.2, 0.25) is 5.91 Å². The molecule has 0 aliphatic carbocycles. The van der Waals surface area contributed by atoms with Gasteiger partial charge >= 0.3 is 0 Å². The molecule has 5 heteroatoms. The Kier molecular flexibility index (Phi) is 4.79. The number of non-ortho nitro benzene ring substituents is 1. The quantitative estimate of drug-likeness (QED) is 0.638. The van der Waals surface area contributed by atoms with Crippen LogP contribution in [0.5, 0.6) is 0 Å². The van der Waals surface area contributed by atoms with Crippen molar-refractivity contribution in [2.45, 2.75) is 27.2 Å². The summed E-state index contributed by atoms with van der Waals surface area (Å²) in [7, 11) is 1.65. The maximum absolute atomic E-state index is 12.5. The summed E-state index contributed by atoms with van der Waals surface area (Å²) in [5.41, 5.74) is 4.30. The molecule has 0 saturated heterocycles. The van der Waals surface area contributed by atoms with E-state index >= 15 is 0 Å². The van der Waals surface area contributed by atoms with Crippen LogP contribution in [0.2, 0.25) is 0 Å². The third-order valence-corrected chi connectivity index (χ3v) is 4.05. The zero-order valence-corrected chi connectivity index (χ0v) is 13.8. The number of anilines is 1. The number of hydrogen-bond acceptors (Lipinski definition) is 3. The monoisotopic (exact) mass is 312 g/mol. The van der Waals surface area contributed by atoms with E-state index in [0.717, 1.165) is 22.3 Å². The first kappa shape index (κ1) is 16.7. The van der Waals surface area contributed by atoms with Gasteiger partial charge in [-0.2, -0.15) is 0 Å². The second-order valence-corrected chi connectivity index (χ2v) is 5.78. The minimum absolute atomic E-state index is 0.00177. The molecule has 0 atom stereocenters. The maximum atomic E-state index is 12.5. The summed E-state index contributed by atoms with van der Waals surface area (Å²) in [4.78, 5) is 24.6. The number of amides is 1. The molecule has 0 saturated carbocycles. The molecule has 2 rings (SSSR count). The molecule has 0 aromatic heterocycles. The topological polar surface area (TPSA) is 63.5 Å². The number of hydrogen-bond donors (Lipinski definition) is 0. The second-order valence-electron chi connectivity index (χ2n) is 5.78. The maximum Gasteiger partial charge on any atom is 0.271 e. The molecule has 0 N–H and O–H groups in total. The fourth-order valence-electron chi connectivity index (χ4n) is 2.41. The molecule has 0 bridgehead atoms. The summed E-state index contributed by atoms with van der Waals surface area (Å²) in [6.45, 7) is 5.67. The largest absolute Gasteiger partial charge is 0.315 e.